The van der Waals surface area contributed by atoms with Crippen molar-refractivity contribution in [2.45, 2.75) is 45.6 Å². The minimum Gasteiger partial charge on any atom is -0.370 e. The molecule has 1 aromatic carbocycles. The van der Waals surface area contributed by atoms with E-state index in [1.807, 2.05) is 13.1 Å². The van der Waals surface area contributed by atoms with Crippen molar-refractivity contribution in [1.29, 1.82) is 0 Å². The number of anilines is 1. The summed E-state index contributed by atoms with van der Waals surface area (Å²) in [6.07, 6.45) is 4.24. The van der Waals surface area contributed by atoms with Crippen molar-refractivity contribution in [1.82, 2.24) is 5.32 Å². The Morgan fingerprint density at radius 2 is 2.24 bits per heavy atom. The molecule has 1 amide bonds. The first kappa shape index (κ1) is 15.8. The second-order valence-electron chi connectivity index (χ2n) is 6.00. The summed E-state index contributed by atoms with van der Waals surface area (Å²) in [7, 11) is 1.96. The number of primary amides is 1. The molecule has 0 aliphatic carbocycles. The predicted molar refractivity (Wildman–Crippen MR) is 88.0 cm³/mol. The lowest BCUT2D eigenvalue weighted by molar-refractivity contribution is 0.100. The van der Waals surface area contributed by atoms with Crippen LogP contribution in [0.25, 0.3) is 0 Å². The molecule has 0 saturated heterocycles. The van der Waals surface area contributed by atoms with E-state index < -0.39 is 0 Å². The van der Waals surface area contributed by atoms with Gasteiger partial charge in [-0.2, -0.15) is 0 Å². The number of hydrogen-bond acceptors (Lipinski definition) is 3. The molecule has 1 aromatic rings. The highest BCUT2D eigenvalue weighted by Gasteiger charge is 2.25. The van der Waals surface area contributed by atoms with Crippen molar-refractivity contribution < 1.29 is 4.79 Å². The number of fused-ring (bicyclic) bond motifs is 1. The summed E-state index contributed by atoms with van der Waals surface area (Å²) < 4.78 is 0. The Kier molecular flexibility index (Phi) is 5.23. The number of benzene rings is 1. The van der Waals surface area contributed by atoms with Gasteiger partial charge in [-0.3, -0.25) is 4.79 Å². The van der Waals surface area contributed by atoms with Crippen LogP contribution in [0.4, 0.5) is 5.69 Å². The molecule has 0 radical (unpaired) electrons. The van der Waals surface area contributed by atoms with Crippen LogP contribution in [0, 0.1) is 0 Å². The largest absolute Gasteiger partial charge is 0.370 e. The number of unbranched alkanes of at least 4 members (excludes halogenated alkanes) is 1. The number of carbonyl (C=O) groups excluding carboxylic acids is 1. The maximum absolute atomic E-state index is 11.9. The lowest BCUT2D eigenvalue weighted by Gasteiger charge is -2.22. The standard InChI is InChI=1S/C17H27N3O/c1-4-5-7-20-8-6-14-10-13(9-12(2)19-3)11-15(16(14)20)17(18)21/h10-12,19H,4-9H2,1-3H3,(H2,18,21). The zero-order valence-corrected chi connectivity index (χ0v) is 13.4. The molecule has 2 rings (SSSR count). The summed E-state index contributed by atoms with van der Waals surface area (Å²) in [6, 6.07) is 4.63. The number of nitrogens with one attached hydrogen (secondary N) is 1. The van der Waals surface area contributed by atoms with Gasteiger partial charge >= 0.3 is 0 Å². The molecule has 0 fully saturated rings. The normalized spacial score (nSPS) is 15.1. The molecule has 0 spiro atoms. The van der Waals surface area contributed by atoms with E-state index in [1.165, 1.54) is 11.1 Å². The van der Waals surface area contributed by atoms with Gasteiger partial charge in [0.05, 0.1) is 11.3 Å². The van der Waals surface area contributed by atoms with E-state index in [4.69, 9.17) is 5.73 Å². The fraction of sp³-hybridized carbons (Fsp3) is 0.588. The van der Waals surface area contributed by atoms with Crippen molar-refractivity contribution >= 4 is 11.6 Å². The van der Waals surface area contributed by atoms with Crippen molar-refractivity contribution in [3.63, 3.8) is 0 Å². The van der Waals surface area contributed by atoms with Gasteiger partial charge in [-0.25, -0.2) is 0 Å². The fourth-order valence-corrected chi connectivity index (χ4v) is 3.03. The van der Waals surface area contributed by atoms with Gasteiger partial charge < -0.3 is 16.0 Å². The van der Waals surface area contributed by atoms with Crippen LogP contribution >= 0.6 is 0 Å². The third-order valence-corrected chi connectivity index (χ3v) is 4.30. The van der Waals surface area contributed by atoms with E-state index in [-0.39, 0.29) is 5.91 Å². The van der Waals surface area contributed by atoms with Crippen LogP contribution in [-0.2, 0) is 12.8 Å². The van der Waals surface area contributed by atoms with Gasteiger partial charge in [0.1, 0.15) is 0 Å². The highest BCUT2D eigenvalue weighted by atomic mass is 16.1. The smallest absolute Gasteiger partial charge is 0.250 e. The Morgan fingerprint density at radius 1 is 1.48 bits per heavy atom. The minimum absolute atomic E-state index is 0.311. The summed E-state index contributed by atoms with van der Waals surface area (Å²) >= 11 is 0. The van der Waals surface area contributed by atoms with Crippen LogP contribution in [0.1, 0.15) is 48.2 Å². The fourth-order valence-electron chi connectivity index (χ4n) is 3.03. The molecule has 4 nitrogen and oxygen atoms in total. The molecular weight excluding hydrogens is 262 g/mol. The van der Waals surface area contributed by atoms with Crippen LogP contribution in [0.15, 0.2) is 12.1 Å². The van der Waals surface area contributed by atoms with E-state index >= 15 is 0 Å². The molecule has 1 unspecified atom stereocenters. The molecule has 0 aromatic heterocycles. The van der Waals surface area contributed by atoms with Crippen molar-refractivity contribution in [3.05, 3.63) is 28.8 Å². The SMILES string of the molecule is CCCCN1CCc2cc(CC(C)NC)cc(C(N)=O)c21. The Labute approximate surface area is 127 Å². The third kappa shape index (κ3) is 3.56. The molecule has 4 heteroatoms. The van der Waals surface area contributed by atoms with Crippen LogP contribution in [-0.4, -0.2) is 32.1 Å². The zero-order chi connectivity index (χ0) is 15.4. The van der Waals surface area contributed by atoms with Crippen molar-refractivity contribution in [2.24, 2.45) is 5.73 Å². The second-order valence-corrected chi connectivity index (χ2v) is 6.00. The van der Waals surface area contributed by atoms with Crippen molar-refractivity contribution in [2.75, 3.05) is 25.0 Å². The summed E-state index contributed by atoms with van der Waals surface area (Å²) in [5.41, 5.74) is 9.88. The Bertz CT molecular complexity index is 513. The molecule has 0 saturated carbocycles. The number of amides is 1. The molecule has 1 aliphatic heterocycles. The minimum atomic E-state index is -0.311. The molecule has 21 heavy (non-hydrogen) atoms. The maximum Gasteiger partial charge on any atom is 0.250 e. The topological polar surface area (TPSA) is 58.4 Å². The average Bonchev–Trinajstić information content (AvgIpc) is 2.86. The monoisotopic (exact) mass is 289 g/mol. The molecular formula is C17H27N3O. The number of rotatable bonds is 7. The van der Waals surface area contributed by atoms with Crippen molar-refractivity contribution in [3.8, 4) is 0 Å². The van der Waals surface area contributed by atoms with Gasteiger partial charge in [0.15, 0.2) is 0 Å². The summed E-state index contributed by atoms with van der Waals surface area (Å²) in [6.45, 7) is 6.34. The number of carbonyl (C=O) groups is 1. The maximum atomic E-state index is 11.9. The predicted octanol–water partition coefficient (Wildman–Crippen LogP) is 2.10. The number of likely N-dealkylation sites (N-methyl/N-ethyl adjacent to an activating group) is 1. The first-order valence-corrected chi connectivity index (χ1v) is 7.94. The van der Waals surface area contributed by atoms with Gasteiger partial charge in [-0.1, -0.05) is 19.4 Å². The van der Waals surface area contributed by atoms with E-state index in [2.05, 4.69) is 30.1 Å². The van der Waals surface area contributed by atoms with Crippen LogP contribution in [0.5, 0.6) is 0 Å². The van der Waals surface area contributed by atoms with Gasteiger partial charge in [0.2, 0.25) is 0 Å². The first-order chi connectivity index (χ1) is 10.1. The van der Waals surface area contributed by atoms with Crippen LogP contribution in [0.2, 0.25) is 0 Å². The average molecular weight is 289 g/mol. The van der Waals surface area contributed by atoms with Gasteiger partial charge in [0.25, 0.3) is 5.91 Å². The number of nitrogens with zero attached hydrogens (tertiary/aromatic N) is 1. The number of nitrogens with two attached hydrogens (primary N) is 1. The summed E-state index contributed by atoms with van der Waals surface area (Å²) in [5, 5.41) is 3.24. The highest BCUT2D eigenvalue weighted by Crippen LogP contribution is 2.33. The van der Waals surface area contributed by atoms with Gasteiger partial charge in [-0.15, -0.1) is 0 Å². The highest BCUT2D eigenvalue weighted by molar-refractivity contribution is 6.00. The lowest BCUT2D eigenvalue weighted by atomic mass is 9.98. The molecule has 1 atom stereocenters. The quantitative estimate of drug-likeness (QED) is 0.808. The van der Waals surface area contributed by atoms with E-state index in [1.54, 1.807) is 0 Å². The van der Waals surface area contributed by atoms with E-state index in [0.717, 1.165) is 44.5 Å². The molecule has 0 bridgehead atoms. The summed E-state index contributed by atoms with van der Waals surface area (Å²) in [4.78, 5) is 14.2. The lowest BCUT2D eigenvalue weighted by Crippen LogP contribution is -2.26. The summed E-state index contributed by atoms with van der Waals surface area (Å²) in [5.74, 6) is -0.311. The third-order valence-electron chi connectivity index (χ3n) is 4.30. The van der Waals surface area contributed by atoms with E-state index in [9.17, 15) is 4.79 Å². The van der Waals surface area contributed by atoms with E-state index in [0.29, 0.717) is 11.6 Å². The first-order valence-electron chi connectivity index (χ1n) is 7.94. The molecule has 116 valence electrons. The Balaban J connectivity index is 2.33. The van der Waals surface area contributed by atoms with Crippen LogP contribution in [0.3, 0.4) is 0 Å². The van der Waals surface area contributed by atoms with Gasteiger partial charge in [-0.05, 0) is 50.4 Å². The Hall–Kier alpha value is -1.55. The molecule has 1 aliphatic rings. The Morgan fingerprint density at radius 3 is 2.86 bits per heavy atom. The molecule has 1 heterocycles. The number of hydrogen-bond donors (Lipinski definition) is 2. The zero-order valence-electron chi connectivity index (χ0n) is 13.4. The second kappa shape index (κ2) is 6.94. The molecule has 3 N–H and O–H groups in total. The van der Waals surface area contributed by atoms with Gasteiger partial charge in [0, 0.05) is 19.1 Å². The van der Waals surface area contributed by atoms with Crippen LogP contribution < -0.4 is 16.0 Å².